The van der Waals surface area contributed by atoms with E-state index in [-0.39, 0.29) is 17.7 Å². The van der Waals surface area contributed by atoms with Crippen LogP contribution in [-0.4, -0.2) is 45.2 Å². The van der Waals surface area contributed by atoms with Crippen molar-refractivity contribution in [2.75, 3.05) is 29.6 Å². The normalized spacial score (nSPS) is 15.1. The van der Waals surface area contributed by atoms with Crippen LogP contribution in [0.1, 0.15) is 22.6 Å². The number of nitrogens with two attached hydrogens (primary N) is 1. The zero-order valence-corrected chi connectivity index (χ0v) is 16.1. The van der Waals surface area contributed by atoms with E-state index >= 15 is 0 Å². The van der Waals surface area contributed by atoms with Crippen molar-refractivity contribution in [3.8, 4) is 5.88 Å². The van der Waals surface area contributed by atoms with E-state index in [1.165, 1.54) is 12.4 Å². The average Bonchev–Trinajstić information content (AvgIpc) is 2.73. The number of rotatable bonds is 8. The van der Waals surface area contributed by atoms with Gasteiger partial charge in [0.2, 0.25) is 5.88 Å². The van der Waals surface area contributed by atoms with E-state index in [1.54, 1.807) is 30.6 Å². The SMILES string of the molecule is Nc1ncccc1NCc1cc(NC(=O)c2cnc(OCC3CCO3)cn2)ccn1. The number of nitrogens with one attached hydrogen (secondary N) is 2. The lowest BCUT2D eigenvalue weighted by Gasteiger charge is -2.25. The van der Waals surface area contributed by atoms with Crippen molar-refractivity contribution < 1.29 is 14.3 Å². The minimum absolute atomic E-state index is 0.111. The Hall–Kier alpha value is -3.79. The molecular formula is C20H21N7O3. The summed E-state index contributed by atoms with van der Waals surface area (Å²) in [6.45, 7) is 1.62. The maximum atomic E-state index is 12.4. The van der Waals surface area contributed by atoms with Crippen molar-refractivity contribution in [2.45, 2.75) is 19.1 Å². The molecule has 10 heteroatoms. The Morgan fingerprint density at radius 2 is 2.10 bits per heavy atom. The number of hydrogen-bond donors (Lipinski definition) is 3. The molecule has 0 aromatic carbocycles. The minimum atomic E-state index is -0.377. The lowest BCUT2D eigenvalue weighted by atomic mass is 10.2. The van der Waals surface area contributed by atoms with Gasteiger partial charge in [0.15, 0.2) is 0 Å². The van der Waals surface area contributed by atoms with Gasteiger partial charge in [0.1, 0.15) is 18.1 Å². The molecule has 1 aliphatic heterocycles. The van der Waals surface area contributed by atoms with Crippen LogP contribution in [0.5, 0.6) is 5.88 Å². The number of nitrogen functional groups attached to an aromatic ring is 1. The number of amides is 1. The fraction of sp³-hybridized carbons (Fsp3) is 0.250. The summed E-state index contributed by atoms with van der Waals surface area (Å²) < 4.78 is 10.8. The van der Waals surface area contributed by atoms with Gasteiger partial charge in [-0.2, -0.15) is 0 Å². The van der Waals surface area contributed by atoms with E-state index in [4.69, 9.17) is 15.2 Å². The molecule has 3 aromatic heterocycles. The van der Waals surface area contributed by atoms with Crippen molar-refractivity contribution in [2.24, 2.45) is 0 Å². The van der Waals surface area contributed by atoms with Crippen molar-refractivity contribution in [3.05, 3.63) is 60.4 Å². The third-order valence-electron chi connectivity index (χ3n) is 4.44. The first-order valence-corrected chi connectivity index (χ1v) is 9.44. The van der Waals surface area contributed by atoms with Crippen LogP contribution in [0.3, 0.4) is 0 Å². The minimum Gasteiger partial charge on any atom is -0.474 e. The molecule has 10 nitrogen and oxygen atoms in total. The first kappa shape index (κ1) is 19.5. The molecular weight excluding hydrogens is 386 g/mol. The van der Waals surface area contributed by atoms with Gasteiger partial charge in [0.25, 0.3) is 5.91 Å². The Bertz CT molecular complexity index is 1010. The summed E-state index contributed by atoms with van der Waals surface area (Å²) in [7, 11) is 0. The van der Waals surface area contributed by atoms with Gasteiger partial charge in [-0.3, -0.25) is 9.78 Å². The molecule has 1 amide bonds. The van der Waals surface area contributed by atoms with Gasteiger partial charge in [-0.25, -0.2) is 15.0 Å². The fourth-order valence-corrected chi connectivity index (χ4v) is 2.70. The van der Waals surface area contributed by atoms with Gasteiger partial charge in [-0.05, 0) is 24.3 Å². The first-order valence-electron chi connectivity index (χ1n) is 9.44. The highest BCUT2D eigenvalue weighted by Crippen LogP contribution is 2.16. The molecule has 0 radical (unpaired) electrons. The lowest BCUT2D eigenvalue weighted by Crippen LogP contribution is -2.32. The molecule has 0 saturated carbocycles. The van der Waals surface area contributed by atoms with Crippen molar-refractivity contribution in [1.82, 2.24) is 19.9 Å². The Kier molecular flexibility index (Phi) is 5.95. The summed E-state index contributed by atoms with van der Waals surface area (Å²) in [4.78, 5) is 29.0. The van der Waals surface area contributed by atoms with E-state index in [2.05, 4.69) is 30.6 Å². The van der Waals surface area contributed by atoms with Crippen LogP contribution >= 0.6 is 0 Å². The maximum Gasteiger partial charge on any atom is 0.275 e. The zero-order chi connectivity index (χ0) is 20.8. The molecule has 3 aromatic rings. The van der Waals surface area contributed by atoms with Crippen LogP contribution in [0.15, 0.2) is 49.1 Å². The van der Waals surface area contributed by atoms with Gasteiger partial charge >= 0.3 is 0 Å². The number of aromatic nitrogens is 4. The van der Waals surface area contributed by atoms with Gasteiger partial charge < -0.3 is 25.8 Å². The number of carbonyl (C=O) groups excluding carboxylic acids is 1. The van der Waals surface area contributed by atoms with E-state index in [1.807, 2.05) is 6.07 Å². The molecule has 4 rings (SSSR count). The number of hydrogen-bond acceptors (Lipinski definition) is 9. The number of ether oxygens (including phenoxy) is 2. The molecule has 0 bridgehead atoms. The average molecular weight is 407 g/mol. The third kappa shape index (κ3) is 4.97. The standard InChI is InChI=1S/C20H21N7O3/c21-19-16(2-1-5-23-19)24-9-14-8-13(3-6-22-14)27-20(28)17-10-26-18(11-25-17)30-12-15-4-7-29-15/h1-3,5-6,8,10-11,15,24H,4,7,9,12H2,(H2,21,23)(H,22,27,28). The molecule has 30 heavy (non-hydrogen) atoms. The number of nitrogens with zero attached hydrogens (tertiary/aromatic N) is 4. The second-order valence-electron chi connectivity index (χ2n) is 6.61. The summed E-state index contributed by atoms with van der Waals surface area (Å²) in [5.41, 5.74) is 8.04. The second kappa shape index (κ2) is 9.14. The topological polar surface area (TPSA) is 137 Å². The monoisotopic (exact) mass is 407 g/mol. The van der Waals surface area contributed by atoms with Crippen LogP contribution in [0, 0.1) is 0 Å². The van der Waals surface area contributed by atoms with Gasteiger partial charge in [0.05, 0.1) is 36.4 Å². The Balaban J connectivity index is 1.32. The second-order valence-corrected chi connectivity index (χ2v) is 6.61. The van der Waals surface area contributed by atoms with E-state index in [9.17, 15) is 4.79 Å². The highest BCUT2D eigenvalue weighted by Gasteiger charge is 2.19. The highest BCUT2D eigenvalue weighted by molar-refractivity contribution is 6.02. The largest absolute Gasteiger partial charge is 0.474 e. The molecule has 1 saturated heterocycles. The number of anilines is 3. The summed E-state index contributed by atoms with van der Waals surface area (Å²) in [5, 5.41) is 5.96. The van der Waals surface area contributed by atoms with Crippen LogP contribution in [-0.2, 0) is 11.3 Å². The molecule has 4 heterocycles. The molecule has 1 fully saturated rings. The third-order valence-corrected chi connectivity index (χ3v) is 4.44. The molecule has 0 spiro atoms. The van der Waals surface area contributed by atoms with Crippen LogP contribution in [0.25, 0.3) is 0 Å². The number of carbonyl (C=O) groups is 1. The molecule has 4 N–H and O–H groups in total. The molecule has 1 unspecified atom stereocenters. The fourth-order valence-electron chi connectivity index (χ4n) is 2.70. The first-order chi connectivity index (χ1) is 14.7. The maximum absolute atomic E-state index is 12.4. The summed E-state index contributed by atoms with van der Waals surface area (Å²) in [5.74, 6) is 0.389. The van der Waals surface area contributed by atoms with Gasteiger partial charge in [-0.15, -0.1) is 0 Å². The Morgan fingerprint density at radius 1 is 1.20 bits per heavy atom. The van der Waals surface area contributed by atoms with E-state index in [0.29, 0.717) is 30.5 Å². The van der Waals surface area contributed by atoms with E-state index in [0.717, 1.165) is 24.4 Å². The van der Waals surface area contributed by atoms with Crippen LogP contribution in [0.4, 0.5) is 17.2 Å². The number of pyridine rings is 2. The van der Waals surface area contributed by atoms with Crippen LogP contribution in [0.2, 0.25) is 0 Å². The van der Waals surface area contributed by atoms with Crippen molar-refractivity contribution in [1.29, 1.82) is 0 Å². The molecule has 154 valence electrons. The quantitative estimate of drug-likeness (QED) is 0.511. The predicted molar refractivity (Wildman–Crippen MR) is 110 cm³/mol. The van der Waals surface area contributed by atoms with Crippen molar-refractivity contribution >= 4 is 23.1 Å². The lowest BCUT2D eigenvalue weighted by molar-refractivity contribution is -0.0727. The molecule has 1 aliphatic rings. The highest BCUT2D eigenvalue weighted by atomic mass is 16.5. The molecule has 1 atom stereocenters. The van der Waals surface area contributed by atoms with Gasteiger partial charge in [-0.1, -0.05) is 0 Å². The Morgan fingerprint density at radius 3 is 2.83 bits per heavy atom. The van der Waals surface area contributed by atoms with Gasteiger partial charge in [0, 0.05) is 31.1 Å². The predicted octanol–water partition coefficient (Wildman–Crippen LogP) is 1.88. The smallest absolute Gasteiger partial charge is 0.275 e. The summed E-state index contributed by atoms with van der Waals surface area (Å²) >= 11 is 0. The molecule has 0 aliphatic carbocycles. The zero-order valence-electron chi connectivity index (χ0n) is 16.1. The van der Waals surface area contributed by atoms with E-state index < -0.39 is 0 Å². The Labute approximate surface area is 172 Å². The summed E-state index contributed by atoms with van der Waals surface area (Å²) in [6, 6.07) is 7.09. The summed E-state index contributed by atoms with van der Waals surface area (Å²) in [6.07, 6.45) is 7.13. The van der Waals surface area contributed by atoms with Crippen LogP contribution < -0.4 is 21.1 Å². The van der Waals surface area contributed by atoms with Crippen molar-refractivity contribution in [3.63, 3.8) is 0 Å².